The van der Waals surface area contributed by atoms with E-state index < -0.39 is 5.91 Å². The van der Waals surface area contributed by atoms with E-state index in [1.807, 2.05) is 12.1 Å². The predicted octanol–water partition coefficient (Wildman–Crippen LogP) is 0.187. The average Bonchev–Trinajstić information content (AvgIpc) is 3.32. The van der Waals surface area contributed by atoms with E-state index in [0.29, 0.717) is 18.9 Å². The van der Waals surface area contributed by atoms with E-state index in [-0.39, 0.29) is 23.6 Å². The van der Waals surface area contributed by atoms with E-state index in [2.05, 4.69) is 20.2 Å². The largest absolute Gasteiger partial charge is 0.448 e. The molecule has 0 aliphatic carbocycles. The summed E-state index contributed by atoms with van der Waals surface area (Å²) in [5, 5.41) is 8.08. The second-order valence-electron chi connectivity index (χ2n) is 6.34. The normalized spacial score (nSPS) is 18.9. The van der Waals surface area contributed by atoms with Gasteiger partial charge in [-0.3, -0.25) is 14.6 Å². The van der Waals surface area contributed by atoms with Gasteiger partial charge in [0, 0.05) is 18.3 Å². The van der Waals surface area contributed by atoms with Gasteiger partial charge in [0.15, 0.2) is 5.69 Å². The van der Waals surface area contributed by atoms with E-state index in [9.17, 15) is 9.59 Å². The summed E-state index contributed by atoms with van der Waals surface area (Å²) >= 11 is 0. The lowest BCUT2D eigenvalue weighted by atomic mass is 9.89. The predicted molar refractivity (Wildman–Crippen MR) is 91.6 cm³/mol. The number of amides is 2. The third-order valence-corrected chi connectivity index (χ3v) is 4.66. The monoisotopic (exact) mass is 367 g/mol. The van der Waals surface area contributed by atoms with E-state index >= 15 is 0 Å². The summed E-state index contributed by atoms with van der Waals surface area (Å²) in [6.45, 7) is 2.10. The number of hydrogen-bond acceptors (Lipinski definition) is 7. The number of hydrogen-bond donors (Lipinski definition) is 1. The van der Waals surface area contributed by atoms with Crippen LogP contribution < -0.4 is 5.73 Å². The minimum Gasteiger partial charge on any atom is -0.448 e. The van der Waals surface area contributed by atoms with Crippen molar-refractivity contribution in [2.45, 2.75) is 19.4 Å². The number of carbonyl (C=O) groups is 2. The first-order valence-corrected chi connectivity index (χ1v) is 8.39. The molecule has 0 bridgehead atoms. The maximum absolute atomic E-state index is 12.5. The molecular weight excluding hydrogens is 350 g/mol. The number of primary amides is 1. The Hall–Kier alpha value is -3.56. The van der Waals surface area contributed by atoms with Crippen molar-refractivity contribution >= 4 is 11.8 Å². The van der Waals surface area contributed by atoms with Gasteiger partial charge in [0.05, 0.1) is 30.9 Å². The lowest BCUT2D eigenvalue weighted by Crippen LogP contribution is -2.61. The molecule has 10 heteroatoms. The summed E-state index contributed by atoms with van der Waals surface area (Å²) in [5.41, 5.74) is 6.97. The zero-order valence-electron chi connectivity index (χ0n) is 14.5. The molecule has 0 radical (unpaired) electrons. The fourth-order valence-corrected chi connectivity index (χ4v) is 2.99. The minimum atomic E-state index is -0.396. The molecule has 1 saturated heterocycles. The minimum absolute atomic E-state index is 0.206. The molecule has 27 heavy (non-hydrogen) atoms. The van der Waals surface area contributed by atoms with Crippen LogP contribution >= 0.6 is 0 Å². The van der Waals surface area contributed by atoms with Crippen LogP contribution in [0.1, 0.15) is 29.0 Å². The second kappa shape index (κ2) is 6.63. The highest BCUT2D eigenvalue weighted by Gasteiger charge is 2.43. The highest BCUT2D eigenvalue weighted by Crippen LogP contribution is 2.26. The summed E-state index contributed by atoms with van der Waals surface area (Å²) in [5.74, 6) is -0.599. The van der Waals surface area contributed by atoms with Crippen LogP contribution in [0.4, 0.5) is 0 Å². The van der Waals surface area contributed by atoms with Crippen LogP contribution in [0.5, 0.6) is 0 Å². The molecule has 0 saturated carbocycles. The van der Waals surface area contributed by atoms with Crippen LogP contribution in [-0.4, -0.2) is 54.3 Å². The smallest absolute Gasteiger partial charge is 0.276 e. The molecule has 0 aromatic carbocycles. The molecule has 1 fully saturated rings. The summed E-state index contributed by atoms with van der Waals surface area (Å²) in [7, 11) is 0. The van der Waals surface area contributed by atoms with Crippen molar-refractivity contribution in [1.82, 2.24) is 29.9 Å². The maximum atomic E-state index is 12.5. The van der Waals surface area contributed by atoms with Gasteiger partial charge in [0.25, 0.3) is 5.91 Å². The van der Waals surface area contributed by atoms with Crippen LogP contribution in [0.25, 0.3) is 5.69 Å². The molecule has 3 aromatic heterocycles. The van der Waals surface area contributed by atoms with Gasteiger partial charge in [-0.1, -0.05) is 0 Å². The van der Waals surface area contributed by atoms with E-state index in [1.54, 1.807) is 30.4 Å². The van der Waals surface area contributed by atoms with E-state index in [4.69, 9.17) is 10.2 Å². The Morgan fingerprint density at radius 3 is 2.70 bits per heavy atom. The van der Waals surface area contributed by atoms with E-state index in [0.717, 1.165) is 11.4 Å². The standard InChI is InChI=1S/C17H17N7O3/c1-10-13(16(18)25)8-23(10)17(26)14-9-27-15(22-14)6-11-2-3-12(7-19-11)24-20-4-5-21-24/h2-5,7,9-10,13H,6,8H2,1H3,(H2,18,25)/t10-,13+/m0/s1. The fourth-order valence-electron chi connectivity index (χ4n) is 2.99. The Morgan fingerprint density at radius 2 is 2.07 bits per heavy atom. The Kier molecular flexibility index (Phi) is 4.15. The average molecular weight is 367 g/mol. The summed E-state index contributed by atoms with van der Waals surface area (Å²) in [4.78, 5) is 35.3. The third-order valence-electron chi connectivity index (χ3n) is 4.66. The lowest BCUT2D eigenvalue weighted by Gasteiger charge is -2.44. The lowest BCUT2D eigenvalue weighted by molar-refractivity contribution is -0.128. The molecule has 10 nitrogen and oxygen atoms in total. The Bertz CT molecular complexity index is 965. The van der Waals surface area contributed by atoms with Gasteiger partial charge >= 0.3 is 0 Å². The molecule has 138 valence electrons. The Balaban J connectivity index is 1.41. The first-order valence-electron chi connectivity index (χ1n) is 8.39. The fraction of sp³-hybridized carbons (Fsp3) is 0.294. The summed E-state index contributed by atoms with van der Waals surface area (Å²) in [6.07, 6.45) is 6.49. The van der Waals surface area contributed by atoms with Crippen molar-refractivity contribution in [2.24, 2.45) is 11.7 Å². The van der Waals surface area contributed by atoms with Gasteiger partial charge in [-0.2, -0.15) is 15.0 Å². The molecule has 4 rings (SSSR count). The number of nitrogens with two attached hydrogens (primary N) is 1. The highest BCUT2D eigenvalue weighted by molar-refractivity contribution is 5.94. The molecule has 3 aromatic rings. The zero-order valence-corrected chi connectivity index (χ0v) is 14.5. The molecule has 2 N–H and O–H groups in total. The van der Waals surface area contributed by atoms with Crippen molar-refractivity contribution in [3.63, 3.8) is 0 Å². The summed E-state index contributed by atoms with van der Waals surface area (Å²) in [6, 6.07) is 3.42. The zero-order chi connectivity index (χ0) is 19.0. The van der Waals surface area contributed by atoms with Crippen molar-refractivity contribution in [1.29, 1.82) is 0 Å². The molecule has 2 atom stereocenters. The van der Waals surface area contributed by atoms with Gasteiger partial charge in [-0.15, -0.1) is 0 Å². The van der Waals surface area contributed by atoms with Crippen LogP contribution in [0.2, 0.25) is 0 Å². The first-order chi connectivity index (χ1) is 13.0. The molecular formula is C17H17N7O3. The maximum Gasteiger partial charge on any atom is 0.276 e. The number of carbonyl (C=O) groups excluding carboxylic acids is 2. The van der Waals surface area contributed by atoms with Gasteiger partial charge in [-0.05, 0) is 19.1 Å². The molecule has 2 amide bonds. The molecule has 0 unspecified atom stereocenters. The molecule has 1 aliphatic heterocycles. The van der Waals surface area contributed by atoms with Crippen LogP contribution in [0.15, 0.2) is 41.4 Å². The van der Waals surface area contributed by atoms with Gasteiger partial charge in [0.2, 0.25) is 11.8 Å². The number of pyridine rings is 1. The van der Waals surface area contributed by atoms with Gasteiger partial charge < -0.3 is 15.1 Å². The third kappa shape index (κ3) is 3.16. The van der Waals surface area contributed by atoms with E-state index in [1.165, 1.54) is 11.1 Å². The molecule has 1 aliphatic rings. The van der Waals surface area contributed by atoms with Crippen molar-refractivity contribution < 1.29 is 14.0 Å². The van der Waals surface area contributed by atoms with Crippen LogP contribution in [0.3, 0.4) is 0 Å². The molecule has 0 spiro atoms. The Labute approximate surface area is 154 Å². The summed E-state index contributed by atoms with van der Waals surface area (Å²) < 4.78 is 5.40. The highest BCUT2D eigenvalue weighted by atomic mass is 16.3. The number of likely N-dealkylation sites (tertiary alicyclic amines) is 1. The number of rotatable bonds is 5. The quantitative estimate of drug-likeness (QED) is 0.680. The first kappa shape index (κ1) is 16.9. The van der Waals surface area contributed by atoms with Crippen molar-refractivity contribution in [3.05, 3.63) is 54.3 Å². The SMILES string of the molecule is C[C@H]1[C@H](C(N)=O)CN1C(=O)c1coc(Cc2ccc(-n3nccn3)cn2)n1. The number of nitrogens with zero attached hydrogens (tertiary/aromatic N) is 6. The topological polar surface area (TPSA) is 133 Å². The number of oxazole rings is 1. The van der Waals surface area contributed by atoms with Gasteiger partial charge in [0.1, 0.15) is 12.0 Å². The van der Waals surface area contributed by atoms with Crippen molar-refractivity contribution in [3.8, 4) is 5.69 Å². The Morgan fingerprint density at radius 1 is 1.30 bits per heavy atom. The van der Waals surface area contributed by atoms with Crippen LogP contribution in [-0.2, 0) is 11.2 Å². The van der Waals surface area contributed by atoms with Gasteiger partial charge in [-0.25, -0.2) is 4.98 Å². The van der Waals surface area contributed by atoms with Crippen molar-refractivity contribution in [2.75, 3.05) is 6.54 Å². The molecule has 4 heterocycles. The number of aromatic nitrogens is 5. The van der Waals surface area contributed by atoms with Crippen LogP contribution in [0, 0.1) is 5.92 Å². The second-order valence-corrected chi connectivity index (χ2v) is 6.34.